The van der Waals surface area contributed by atoms with Crippen LogP contribution in [0.15, 0.2) is 45.5 Å². The van der Waals surface area contributed by atoms with Crippen LogP contribution in [0.5, 0.6) is 11.5 Å². The molecule has 1 aliphatic rings. The molecule has 0 aliphatic carbocycles. The molecule has 1 aromatic carbocycles. The highest BCUT2D eigenvalue weighted by Gasteiger charge is 2.35. The van der Waals surface area contributed by atoms with E-state index in [0.29, 0.717) is 32.1 Å². The highest BCUT2D eigenvalue weighted by atomic mass is 32.1. The molecule has 172 valence electrons. The summed E-state index contributed by atoms with van der Waals surface area (Å²) in [6.07, 6.45) is 3.43. The summed E-state index contributed by atoms with van der Waals surface area (Å²) in [5.74, 6) is 0.692. The van der Waals surface area contributed by atoms with Crippen molar-refractivity contribution in [2.45, 2.75) is 19.9 Å². The lowest BCUT2D eigenvalue weighted by atomic mass is 9.96. The normalized spacial score (nSPS) is 15.8. The largest absolute Gasteiger partial charge is 0.497 e. The highest BCUT2D eigenvalue weighted by molar-refractivity contribution is 7.07. The summed E-state index contributed by atoms with van der Waals surface area (Å²) in [7, 11) is 6.27. The van der Waals surface area contributed by atoms with Crippen LogP contribution in [0.25, 0.3) is 6.08 Å². The number of aromatic nitrogens is 3. The van der Waals surface area contributed by atoms with Gasteiger partial charge in [0.2, 0.25) is 0 Å². The molecule has 1 aliphatic heterocycles. The molecule has 9 nitrogen and oxygen atoms in total. The zero-order chi connectivity index (χ0) is 23.9. The van der Waals surface area contributed by atoms with E-state index in [1.54, 1.807) is 50.2 Å². The van der Waals surface area contributed by atoms with Gasteiger partial charge in [0.15, 0.2) is 4.80 Å². The lowest BCUT2D eigenvalue weighted by molar-refractivity contribution is -0.136. The van der Waals surface area contributed by atoms with Crippen molar-refractivity contribution >= 4 is 23.4 Å². The molecule has 0 radical (unpaired) electrons. The fourth-order valence-electron chi connectivity index (χ4n) is 3.85. The van der Waals surface area contributed by atoms with E-state index >= 15 is 0 Å². The number of ether oxygens (including phenoxy) is 3. The molecule has 0 saturated carbocycles. The predicted octanol–water partition coefficient (Wildman–Crippen LogP) is 1.47. The van der Waals surface area contributed by atoms with Gasteiger partial charge in [-0.3, -0.25) is 14.0 Å². The Labute approximate surface area is 193 Å². The number of allylic oxidation sites excluding steroid dienone is 1. The lowest BCUT2D eigenvalue weighted by Gasteiger charge is -2.23. The number of fused-ring (bicyclic) bond motifs is 1. The molecule has 4 rings (SSSR count). The van der Waals surface area contributed by atoms with E-state index in [9.17, 15) is 9.59 Å². The average Bonchev–Trinajstić information content (AvgIpc) is 3.30. The zero-order valence-electron chi connectivity index (χ0n) is 19.2. The molecule has 3 aromatic rings. The number of nitrogens with zero attached hydrogens (tertiary/aromatic N) is 4. The van der Waals surface area contributed by atoms with Crippen LogP contribution in [0.3, 0.4) is 0 Å². The van der Waals surface area contributed by atoms with Gasteiger partial charge in [0.05, 0.1) is 43.3 Å². The van der Waals surface area contributed by atoms with E-state index in [-0.39, 0.29) is 5.56 Å². The SMILES string of the molecule is COC(=O)C1=C(C)N=c2s/c(=C/c3ccc(OC)cc3OC)c(=O)n2C1c1cnn(C)c1C. The molecular weight excluding hydrogens is 444 g/mol. The van der Waals surface area contributed by atoms with Crippen molar-refractivity contribution in [3.63, 3.8) is 0 Å². The molecule has 1 unspecified atom stereocenters. The van der Waals surface area contributed by atoms with Gasteiger partial charge in [0.1, 0.15) is 17.5 Å². The Morgan fingerprint density at radius 3 is 2.55 bits per heavy atom. The number of hydrogen-bond acceptors (Lipinski definition) is 8. The zero-order valence-corrected chi connectivity index (χ0v) is 20.0. The van der Waals surface area contributed by atoms with Crippen LogP contribution >= 0.6 is 11.3 Å². The van der Waals surface area contributed by atoms with Gasteiger partial charge in [0.25, 0.3) is 5.56 Å². The molecule has 0 spiro atoms. The molecule has 3 heterocycles. The van der Waals surface area contributed by atoms with Crippen LogP contribution in [-0.4, -0.2) is 41.6 Å². The van der Waals surface area contributed by atoms with E-state index in [1.807, 2.05) is 20.0 Å². The maximum absolute atomic E-state index is 13.6. The summed E-state index contributed by atoms with van der Waals surface area (Å²) in [4.78, 5) is 31.4. The van der Waals surface area contributed by atoms with Gasteiger partial charge in [-0.05, 0) is 32.1 Å². The molecule has 1 atom stereocenters. The number of esters is 1. The van der Waals surface area contributed by atoms with Crippen LogP contribution in [-0.2, 0) is 16.6 Å². The average molecular weight is 469 g/mol. The second-order valence-corrected chi connectivity index (χ2v) is 8.50. The second kappa shape index (κ2) is 8.70. The first kappa shape index (κ1) is 22.5. The molecule has 2 aromatic heterocycles. The number of thiazole rings is 1. The summed E-state index contributed by atoms with van der Waals surface area (Å²) in [6.45, 7) is 3.64. The Morgan fingerprint density at radius 2 is 1.94 bits per heavy atom. The standard InChI is InChI=1S/C23H24N4O5S/c1-12-19(22(29)32-6)20(16-11-24-26(3)13(16)2)27-21(28)18(33-23(27)25-12)9-14-7-8-15(30-4)10-17(14)31-5/h7-11,20H,1-6H3/b18-9+. The molecule has 0 bridgehead atoms. The lowest BCUT2D eigenvalue weighted by Crippen LogP contribution is -2.40. The van der Waals surface area contributed by atoms with E-state index in [2.05, 4.69) is 10.1 Å². The first-order chi connectivity index (χ1) is 15.8. The van der Waals surface area contributed by atoms with Crippen molar-refractivity contribution in [1.82, 2.24) is 14.3 Å². The van der Waals surface area contributed by atoms with E-state index in [1.165, 1.54) is 23.0 Å². The molecule has 10 heteroatoms. The Morgan fingerprint density at radius 1 is 1.18 bits per heavy atom. The third kappa shape index (κ3) is 3.76. The van der Waals surface area contributed by atoms with Crippen molar-refractivity contribution in [3.05, 3.63) is 72.2 Å². The molecule has 0 fully saturated rings. The Hall–Kier alpha value is -3.66. The van der Waals surface area contributed by atoms with Crippen molar-refractivity contribution in [2.24, 2.45) is 12.0 Å². The predicted molar refractivity (Wildman–Crippen MR) is 123 cm³/mol. The van der Waals surface area contributed by atoms with Gasteiger partial charge in [-0.2, -0.15) is 5.10 Å². The first-order valence-corrected chi connectivity index (χ1v) is 10.9. The minimum Gasteiger partial charge on any atom is -0.497 e. The Kier molecular flexibility index (Phi) is 5.94. The number of hydrogen-bond donors (Lipinski definition) is 0. The van der Waals surface area contributed by atoms with Crippen LogP contribution in [0.4, 0.5) is 0 Å². The monoisotopic (exact) mass is 468 g/mol. The quantitative estimate of drug-likeness (QED) is 0.526. The number of rotatable bonds is 5. The molecule has 0 amide bonds. The highest BCUT2D eigenvalue weighted by Crippen LogP contribution is 2.32. The number of carbonyl (C=O) groups is 1. The molecule has 0 N–H and O–H groups in total. The van der Waals surface area contributed by atoms with Gasteiger partial charge < -0.3 is 14.2 Å². The summed E-state index contributed by atoms with van der Waals surface area (Å²) < 4.78 is 19.5. The number of methoxy groups -OCH3 is 3. The van der Waals surface area contributed by atoms with Gasteiger partial charge >= 0.3 is 5.97 Å². The van der Waals surface area contributed by atoms with Crippen molar-refractivity contribution < 1.29 is 19.0 Å². The minimum atomic E-state index is -0.692. The third-order valence-electron chi connectivity index (χ3n) is 5.72. The Bertz CT molecular complexity index is 1460. The summed E-state index contributed by atoms with van der Waals surface area (Å²) in [5.41, 5.74) is 2.85. The fraction of sp³-hybridized carbons (Fsp3) is 0.304. The van der Waals surface area contributed by atoms with Gasteiger partial charge in [0, 0.05) is 29.9 Å². The Balaban J connectivity index is 1.98. The van der Waals surface area contributed by atoms with Gasteiger partial charge in [-0.1, -0.05) is 11.3 Å². The summed E-state index contributed by atoms with van der Waals surface area (Å²) in [5, 5.41) is 4.32. The van der Waals surface area contributed by atoms with Crippen LogP contribution in [0.2, 0.25) is 0 Å². The van der Waals surface area contributed by atoms with Gasteiger partial charge in [-0.15, -0.1) is 0 Å². The van der Waals surface area contributed by atoms with E-state index in [0.717, 1.165) is 16.8 Å². The molecule has 33 heavy (non-hydrogen) atoms. The van der Waals surface area contributed by atoms with Crippen molar-refractivity contribution in [3.8, 4) is 11.5 Å². The van der Waals surface area contributed by atoms with Gasteiger partial charge in [-0.25, -0.2) is 9.79 Å². The molecular formula is C23H24N4O5S. The summed E-state index contributed by atoms with van der Waals surface area (Å²) >= 11 is 1.25. The van der Waals surface area contributed by atoms with Crippen LogP contribution in [0, 0.1) is 6.92 Å². The van der Waals surface area contributed by atoms with E-state index in [4.69, 9.17) is 14.2 Å². The number of benzene rings is 1. The van der Waals surface area contributed by atoms with E-state index < -0.39 is 12.0 Å². The van der Waals surface area contributed by atoms with Crippen molar-refractivity contribution in [2.75, 3.05) is 21.3 Å². The minimum absolute atomic E-state index is 0.265. The smallest absolute Gasteiger partial charge is 0.338 e. The number of aryl methyl sites for hydroxylation is 1. The second-order valence-electron chi connectivity index (χ2n) is 7.49. The number of carbonyl (C=O) groups excluding carboxylic acids is 1. The van der Waals surface area contributed by atoms with Crippen LogP contribution < -0.4 is 24.4 Å². The maximum atomic E-state index is 13.6. The van der Waals surface area contributed by atoms with Crippen molar-refractivity contribution in [1.29, 1.82) is 0 Å². The topological polar surface area (TPSA) is 96.9 Å². The summed E-state index contributed by atoms with van der Waals surface area (Å²) in [6, 6.07) is 4.68. The molecule has 0 saturated heterocycles. The fourth-order valence-corrected chi connectivity index (χ4v) is 4.89. The maximum Gasteiger partial charge on any atom is 0.338 e. The first-order valence-electron chi connectivity index (χ1n) is 10.1. The van der Waals surface area contributed by atoms with Crippen LogP contribution in [0.1, 0.15) is 29.8 Å². The third-order valence-corrected chi connectivity index (χ3v) is 6.70.